The maximum Gasteiger partial charge on any atom is 0.308 e. The highest BCUT2D eigenvalue weighted by molar-refractivity contribution is 7.17. The summed E-state index contributed by atoms with van der Waals surface area (Å²) in [7, 11) is 0. The van der Waals surface area contributed by atoms with Gasteiger partial charge in [0.2, 0.25) is 0 Å². The minimum Gasteiger partial charge on any atom is -0.460 e. The van der Waals surface area contributed by atoms with Crippen LogP contribution in [0.25, 0.3) is 5.00 Å². The van der Waals surface area contributed by atoms with E-state index in [0.29, 0.717) is 16.5 Å². The van der Waals surface area contributed by atoms with Crippen LogP contribution in [0, 0.1) is 20.8 Å². The minimum atomic E-state index is -0.597. The van der Waals surface area contributed by atoms with Crippen LogP contribution in [0.5, 0.6) is 0 Å². The lowest BCUT2D eigenvalue weighted by Gasteiger charge is -2.21. The number of carbonyl (C=O) groups is 2. The van der Waals surface area contributed by atoms with E-state index in [4.69, 9.17) is 9.73 Å². The highest BCUT2D eigenvalue weighted by Gasteiger charge is 2.34. The Bertz CT molecular complexity index is 1280. The van der Waals surface area contributed by atoms with Crippen LogP contribution < -0.4 is 0 Å². The van der Waals surface area contributed by atoms with Gasteiger partial charge in [-0.05, 0) is 54.0 Å². The van der Waals surface area contributed by atoms with Crippen molar-refractivity contribution in [1.29, 1.82) is 0 Å². The Morgan fingerprint density at radius 2 is 1.76 bits per heavy atom. The summed E-state index contributed by atoms with van der Waals surface area (Å²) in [4.78, 5) is 30.9. The molecule has 0 radical (unpaired) electrons. The maximum absolute atomic E-state index is 12.8. The summed E-state index contributed by atoms with van der Waals surface area (Å²) < 4.78 is 7.51. The first kappa shape index (κ1) is 23.0. The van der Waals surface area contributed by atoms with Gasteiger partial charge >= 0.3 is 5.97 Å². The molecule has 2 aromatic heterocycles. The number of aryl methyl sites for hydroxylation is 2. The average Bonchev–Trinajstić information content (AvgIpc) is 3.20. The van der Waals surface area contributed by atoms with E-state index in [1.54, 1.807) is 6.92 Å². The van der Waals surface area contributed by atoms with E-state index in [0.717, 1.165) is 33.0 Å². The first-order chi connectivity index (χ1) is 15.5. The molecule has 0 aliphatic carbocycles. The van der Waals surface area contributed by atoms with Crippen LogP contribution in [0.2, 0.25) is 0 Å². The number of nitrogens with zero attached hydrogens (tertiary/aromatic N) is 4. The molecule has 0 N–H and O–H groups in total. The Kier molecular flexibility index (Phi) is 5.82. The smallest absolute Gasteiger partial charge is 0.308 e. The molecule has 0 bridgehead atoms. The number of fused-ring (bicyclic) bond motifs is 3. The summed E-state index contributed by atoms with van der Waals surface area (Å²) in [6.45, 7) is 12.9. The molecule has 4 rings (SSSR count). The van der Waals surface area contributed by atoms with Crippen molar-refractivity contribution < 1.29 is 14.3 Å². The second kappa shape index (κ2) is 8.33. The molecule has 0 fully saturated rings. The number of ether oxygens (including phenoxy) is 1. The van der Waals surface area contributed by atoms with E-state index in [-0.39, 0.29) is 18.2 Å². The van der Waals surface area contributed by atoms with Crippen LogP contribution in [0.1, 0.15) is 83.7 Å². The summed E-state index contributed by atoms with van der Waals surface area (Å²) in [5, 5.41) is 9.52. The largest absolute Gasteiger partial charge is 0.460 e. The lowest BCUT2D eigenvalue weighted by atomic mass is 9.98. The molecule has 0 spiro atoms. The van der Waals surface area contributed by atoms with Gasteiger partial charge in [-0.15, -0.1) is 21.5 Å². The van der Waals surface area contributed by atoms with Crippen molar-refractivity contribution >= 4 is 28.8 Å². The van der Waals surface area contributed by atoms with Gasteiger partial charge in [-0.2, -0.15) is 0 Å². The number of thiophene rings is 1. The summed E-state index contributed by atoms with van der Waals surface area (Å²) in [5.41, 5.74) is 3.95. The molecular formula is C25H28N4O3S. The van der Waals surface area contributed by atoms with Gasteiger partial charge < -0.3 is 4.74 Å². The van der Waals surface area contributed by atoms with Crippen molar-refractivity contribution in [3.05, 3.63) is 63.0 Å². The van der Waals surface area contributed by atoms with E-state index in [1.807, 2.05) is 70.4 Å². The Morgan fingerprint density at radius 3 is 2.36 bits per heavy atom. The van der Waals surface area contributed by atoms with Gasteiger partial charge in [-0.25, -0.2) is 0 Å². The van der Waals surface area contributed by atoms with Gasteiger partial charge in [-0.3, -0.25) is 19.1 Å². The predicted molar refractivity (Wildman–Crippen MR) is 129 cm³/mol. The maximum atomic E-state index is 12.8. The topological polar surface area (TPSA) is 86.4 Å². The minimum absolute atomic E-state index is 0.00594. The number of esters is 1. The van der Waals surface area contributed by atoms with Gasteiger partial charge in [0.1, 0.15) is 22.5 Å². The summed E-state index contributed by atoms with van der Waals surface area (Å²) in [6.07, 6.45) is 0.0400. The van der Waals surface area contributed by atoms with Crippen LogP contribution in [-0.2, 0) is 9.53 Å². The molecule has 0 unspecified atom stereocenters. The highest BCUT2D eigenvalue weighted by atomic mass is 32.1. The number of rotatable bonds is 4. The molecule has 0 saturated carbocycles. The monoisotopic (exact) mass is 464 g/mol. The number of hydrogen-bond acceptors (Lipinski definition) is 7. The fraction of sp³-hybridized carbons (Fsp3) is 0.400. The van der Waals surface area contributed by atoms with Gasteiger partial charge in [0.15, 0.2) is 11.6 Å². The van der Waals surface area contributed by atoms with E-state index in [2.05, 4.69) is 10.2 Å². The van der Waals surface area contributed by atoms with Crippen LogP contribution in [0.15, 0.2) is 29.3 Å². The third-order valence-electron chi connectivity index (χ3n) is 5.43. The van der Waals surface area contributed by atoms with Crippen molar-refractivity contribution in [3.63, 3.8) is 0 Å². The van der Waals surface area contributed by atoms with Gasteiger partial charge in [0, 0.05) is 11.1 Å². The molecule has 3 heterocycles. The molecule has 1 aromatic carbocycles. The first-order valence-corrected chi connectivity index (χ1v) is 11.7. The van der Waals surface area contributed by atoms with Crippen molar-refractivity contribution in [2.45, 2.75) is 66.5 Å². The van der Waals surface area contributed by atoms with Crippen LogP contribution in [0.3, 0.4) is 0 Å². The van der Waals surface area contributed by atoms with Gasteiger partial charge in [0.25, 0.3) is 0 Å². The molecule has 1 aliphatic heterocycles. The highest BCUT2D eigenvalue weighted by Crippen LogP contribution is 2.40. The van der Waals surface area contributed by atoms with Crippen molar-refractivity contribution in [2.24, 2.45) is 4.99 Å². The molecule has 8 heteroatoms. The SMILES string of the molecule is CC(=O)c1sc2c(c1C)C(c1ccc(C)cc1)=N[C@@H](CC(=O)OC(C)(C)C)c1nnc(C)n1-2. The zero-order chi connectivity index (χ0) is 24.1. The lowest BCUT2D eigenvalue weighted by Crippen LogP contribution is -2.25. The molecule has 0 amide bonds. The van der Waals surface area contributed by atoms with Crippen molar-refractivity contribution in [3.8, 4) is 5.00 Å². The second-order valence-electron chi connectivity index (χ2n) is 9.38. The molecule has 7 nitrogen and oxygen atoms in total. The quantitative estimate of drug-likeness (QED) is 0.397. The Hall–Kier alpha value is -3.13. The van der Waals surface area contributed by atoms with E-state index in [9.17, 15) is 9.59 Å². The van der Waals surface area contributed by atoms with Crippen LogP contribution >= 0.6 is 11.3 Å². The average molecular weight is 465 g/mol. The third kappa shape index (κ3) is 4.39. The van der Waals surface area contributed by atoms with Crippen molar-refractivity contribution in [1.82, 2.24) is 14.8 Å². The Balaban J connectivity index is 1.95. The van der Waals surface area contributed by atoms with E-state index >= 15 is 0 Å². The fourth-order valence-corrected chi connectivity index (χ4v) is 5.26. The lowest BCUT2D eigenvalue weighted by molar-refractivity contribution is -0.155. The Morgan fingerprint density at radius 1 is 1.09 bits per heavy atom. The fourth-order valence-electron chi connectivity index (χ4n) is 4.00. The standard InChI is InChI=1S/C25H28N4O3S/c1-13-8-10-17(11-9-13)21-20-14(2)22(15(3)30)33-24(20)29-16(4)27-28-23(29)18(26-21)12-19(31)32-25(5,6)7/h8-11,18H,12H2,1-7H3/t18-/m0/s1. The normalized spacial score (nSPS) is 15.4. The number of ketones is 1. The summed E-state index contributed by atoms with van der Waals surface area (Å²) >= 11 is 1.41. The zero-order valence-electron chi connectivity index (χ0n) is 20.0. The molecule has 0 saturated heterocycles. The third-order valence-corrected chi connectivity index (χ3v) is 6.80. The number of hydrogen-bond donors (Lipinski definition) is 0. The van der Waals surface area contributed by atoms with Crippen LogP contribution in [0.4, 0.5) is 0 Å². The molecular weight excluding hydrogens is 436 g/mol. The molecule has 1 atom stereocenters. The summed E-state index contributed by atoms with van der Waals surface area (Å²) in [6, 6.07) is 7.53. The molecule has 3 aromatic rings. The molecule has 33 heavy (non-hydrogen) atoms. The zero-order valence-corrected chi connectivity index (χ0v) is 20.8. The number of benzene rings is 1. The second-order valence-corrected chi connectivity index (χ2v) is 10.4. The van der Waals surface area contributed by atoms with E-state index in [1.165, 1.54) is 11.3 Å². The first-order valence-electron chi connectivity index (χ1n) is 10.9. The number of Topliss-reactive ketones (excluding diaryl/α,β-unsaturated/α-hetero) is 1. The van der Waals surface area contributed by atoms with Crippen LogP contribution in [-0.4, -0.2) is 37.8 Å². The van der Waals surface area contributed by atoms with Crippen molar-refractivity contribution in [2.75, 3.05) is 0 Å². The molecule has 172 valence electrons. The van der Waals surface area contributed by atoms with E-state index < -0.39 is 11.6 Å². The molecule has 1 aliphatic rings. The summed E-state index contributed by atoms with van der Waals surface area (Å²) in [5.74, 6) is 0.903. The van der Waals surface area contributed by atoms with Gasteiger partial charge in [-0.1, -0.05) is 29.8 Å². The number of carbonyl (C=O) groups excluding carboxylic acids is 2. The Labute approximate surface area is 197 Å². The number of aromatic nitrogens is 3. The van der Waals surface area contributed by atoms with Gasteiger partial charge in [0.05, 0.1) is 17.0 Å². The predicted octanol–water partition coefficient (Wildman–Crippen LogP) is 5.08. The number of aliphatic imine (C=N–C) groups is 1.